The van der Waals surface area contributed by atoms with E-state index in [9.17, 15) is 4.39 Å². The number of anilines is 1. The second kappa shape index (κ2) is 5.67. The van der Waals surface area contributed by atoms with Crippen LogP contribution in [0.3, 0.4) is 0 Å². The van der Waals surface area contributed by atoms with Gasteiger partial charge in [-0.15, -0.1) is 11.6 Å². The van der Waals surface area contributed by atoms with Crippen molar-refractivity contribution < 1.29 is 4.39 Å². The highest BCUT2D eigenvalue weighted by molar-refractivity contribution is 6.17. The van der Waals surface area contributed by atoms with Gasteiger partial charge < -0.3 is 4.90 Å². The summed E-state index contributed by atoms with van der Waals surface area (Å²) in [6.07, 6.45) is 6.29. The third-order valence-electron chi connectivity index (χ3n) is 3.42. The summed E-state index contributed by atoms with van der Waals surface area (Å²) in [5.74, 6) is 0.414. The number of halogens is 2. The lowest BCUT2D eigenvalue weighted by molar-refractivity contribution is 0.566. The van der Waals surface area contributed by atoms with Crippen LogP contribution in [0.4, 0.5) is 10.2 Å². The van der Waals surface area contributed by atoms with Crippen molar-refractivity contribution in [3.63, 3.8) is 0 Å². The Morgan fingerprint density at radius 2 is 2.29 bits per heavy atom. The largest absolute Gasteiger partial charge is 0.351 e. The molecule has 4 heteroatoms. The predicted octanol–water partition coefficient (Wildman–Crippen LogP) is 3.73. The van der Waals surface area contributed by atoms with Gasteiger partial charge in [-0.2, -0.15) is 0 Å². The molecule has 1 aliphatic heterocycles. The minimum atomic E-state index is -0.253. The van der Waals surface area contributed by atoms with Crippen LogP contribution >= 0.6 is 11.6 Å². The normalized spacial score (nSPS) is 21.4. The molecule has 2 heterocycles. The minimum absolute atomic E-state index is 0.198. The van der Waals surface area contributed by atoms with Crippen molar-refractivity contribution in [3.8, 4) is 0 Å². The molecule has 1 aromatic heterocycles. The molecule has 0 saturated carbocycles. The lowest BCUT2D eigenvalue weighted by Crippen LogP contribution is -2.34. The van der Waals surface area contributed by atoms with Crippen molar-refractivity contribution >= 4 is 17.4 Å². The number of nitrogens with zero attached hydrogens (tertiary/aromatic N) is 2. The molecule has 0 aromatic carbocycles. The number of hydrogen-bond acceptors (Lipinski definition) is 2. The van der Waals surface area contributed by atoms with E-state index in [2.05, 4.69) is 16.8 Å². The first kappa shape index (κ1) is 12.6. The van der Waals surface area contributed by atoms with Gasteiger partial charge in [0.15, 0.2) is 11.6 Å². The van der Waals surface area contributed by atoms with E-state index in [-0.39, 0.29) is 11.7 Å². The molecule has 0 radical (unpaired) electrons. The van der Waals surface area contributed by atoms with E-state index in [0.717, 1.165) is 19.4 Å². The van der Waals surface area contributed by atoms with Crippen LogP contribution in [-0.4, -0.2) is 17.6 Å². The van der Waals surface area contributed by atoms with Crippen LogP contribution in [0.1, 0.15) is 38.2 Å². The highest BCUT2D eigenvalue weighted by Crippen LogP contribution is 2.26. The van der Waals surface area contributed by atoms with E-state index in [4.69, 9.17) is 11.6 Å². The van der Waals surface area contributed by atoms with Crippen LogP contribution < -0.4 is 4.90 Å². The molecule has 0 aliphatic carbocycles. The summed E-state index contributed by atoms with van der Waals surface area (Å²) in [5, 5.41) is 0. The predicted molar refractivity (Wildman–Crippen MR) is 69.0 cm³/mol. The summed E-state index contributed by atoms with van der Waals surface area (Å²) in [6.45, 7) is 3.02. The lowest BCUT2D eigenvalue weighted by atomic mass is 10.1. The Labute approximate surface area is 107 Å². The van der Waals surface area contributed by atoms with Gasteiger partial charge >= 0.3 is 0 Å². The number of pyridine rings is 1. The molecule has 0 spiro atoms. The zero-order valence-corrected chi connectivity index (χ0v) is 10.9. The molecule has 0 N–H and O–H groups in total. The summed E-state index contributed by atoms with van der Waals surface area (Å²) in [5.41, 5.74) is 0.535. The SMILES string of the molecule is CC1CCCCCN1c1nccc(CCl)c1F. The fourth-order valence-electron chi connectivity index (χ4n) is 2.36. The topological polar surface area (TPSA) is 16.1 Å². The smallest absolute Gasteiger partial charge is 0.170 e. The summed E-state index contributed by atoms with van der Waals surface area (Å²) in [6, 6.07) is 2.00. The Morgan fingerprint density at radius 1 is 1.47 bits per heavy atom. The molecule has 1 aromatic rings. The Kier molecular flexibility index (Phi) is 4.21. The zero-order chi connectivity index (χ0) is 12.3. The summed E-state index contributed by atoms with van der Waals surface area (Å²) < 4.78 is 14.2. The Bertz CT molecular complexity index is 384. The monoisotopic (exact) mass is 256 g/mol. The van der Waals surface area contributed by atoms with E-state index in [0.29, 0.717) is 17.4 Å². The van der Waals surface area contributed by atoms with Gasteiger partial charge in [-0.3, -0.25) is 0 Å². The quantitative estimate of drug-likeness (QED) is 0.750. The molecule has 0 amide bonds. The fourth-order valence-corrected chi connectivity index (χ4v) is 2.57. The fraction of sp³-hybridized carbons (Fsp3) is 0.615. The first-order valence-corrected chi connectivity index (χ1v) is 6.73. The van der Waals surface area contributed by atoms with Gasteiger partial charge in [-0.25, -0.2) is 9.37 Å². The van der Waals surface area contributed by atoms with Crippen LogP contribution in [0.25, 0.3) is 0 Å². The molecule has 1 atom stereocenters. The maximum absolute atomic E-state index is 14.2. The highest BCUT2D eigenvalue weighted by atomic mass is 35.5. The van der Waals surface area contributed by atoms with Gasteiger partial charge in [0, 0.05) is 24.3 Å². The number of aromatic nitrogens is 1. The second-order valence-electron chi connectivity index (χ2n) is 4.63. The molecule has 1 fully saturated rings. The average Bonchev–Trinajstić information content (AvgIpc) is 2.55. The van der Waals surface area contributed by atoms with Crippen LogP contribution in [0.2, 0.25) is 0 Å². The van der Waals surface area contributed by atoms with Crippen LogP contribution in [-0.2, 0) is 5.88 Å². The molecule has 1 aliphatic rings. The van der Waals surface area contributed by atoms with Crippen molar-refractivity contribution in [2.24, 2.45) is 0 Å². The van der Waals surface area contributed by atoms with Gasteiger partial charge in [-0.05, 0) is 25.8 Å². The van der Waals surface area contributed by atoms with Crippen LogP contribution in [0, 0.1) is 5.82 Å². The van der Waals surface area contributed by atoms with Gasteiger partial charge in [0.25, 0.3) is 0 Å². The van der Waals surface area contributed by atoms with Crippen molar-refractivity contribution in [2.45, 2.75) is 44.5 Å². The van der Waals surface area contributed by atoms with E-state index in [1.165, 1.54) is 12.8 Å². The van der Waals surface area contributed by atoms with Crippen molar-refractivity contribution in [1.82, 2.24) is 4.98 Å². The lowest BCUT2D eigenvalue weighted by Gasteiger charge is -2.28. The van der Waals surface area contributed by atoms with Crippen LogP contribution in [0.5, 0.6) is 0 Å². The molecule has 2 rings (SSSR count). The molecule has 94 valence electrons. The van der Waals surface area contributed by atoms with Crippen molar-refractivity contribution in [3.05, 3.63) is 23.6 Å². The van der Waals surface area contributed by atoms with Crippen molar-refractivity contribution in [1.29, 1.82) is 0 Å². The van der Waals surface area contributed by atoms with Gasteiger partial charge in [-0.1, -0.05) is 12.8 Å². The average molecular weight is 257 g/mol. The van der Waals surface area contributed by atoms with E-state index in [1.54, 1.807) is 12.3 Å². The van der Waals surface area contributed by atoms with E-state index in [1.807, 2.05) is 0 Å². The summed E-state index contributed by atoms with van der Waals surface area (Å²) >= 11 is 5.73. The number of alkyl halides is 1. The van der Waals surface area contributed by atoms with Crippen molar-refractivity contribution in [2.75, 3.05) is 11.4 Å². The molecule has 17 heavy (non-hydrogen) atoms. The minimum Gasteiger partial charge on any atom is -0.351 e. The zero-order valence-electron chi connectivity index (χ0n) is 10.1. The van der Waals surface area contributed by atoms with Gasteiger partial charge in [0.1, 0.15) is 0 Å². The standard InChI is InChI=1S/C13H18ClFN2/c1-10-5-3-2-4-8-17(10)13-12(15)11(9-14)6-7-16-13/h6-7,10H,2-5,8-9H2,1H3. The van der Waals surface area contributed by atoms with Gasteiger partial charge in [0.2, 0.25) is 0 Å². The summed E-state index contributed by atoms with van der Waals surface area (Å²) in [7, 11) is 0. The Hall–Kier alpha value is -0.830. The first-order valence-electron chi connectivity index (χ1n) is 6.20. The molecular weight excluding hydrogens is 239 g/mol. The Morgan fingerprint density at radius 3 is 3.06 bits per heavy atom. The maximum Gasteiger partial charge on any atom is 0.170 e. The third-order valence-corrected chi connectivity index (χ3v) is 3.71. The second-order valence-corrected chi connectivity index (χ2v) is 4.90. The number of hydrogen-bond donors (Lipinski definition) is 0. The molecule has 1 unspecified atom stereocenters. The molecule has 0 bridgehead atoms. The first-order chi connectivity index (χ1) is 8.24. The van der Waals surface area contributed by atoms with E-state index >= 15 is 0 Å². The van der Waals surface area contributed by atoms with Gasteiger partial charge in [0.05, 0.1) is 5.88 Å². The Balaban J connectivity index is 2.31. The molecular formula is C13H18ClFN2. The third kappa shape index (κ3) is 2.71. The number of rotatable bonds is 2. The van der Waals surface area contributed by atoms with E-state index < -0.39 is 0 Å². The summed E-state index contributed by atoms with van der Waals surface area (Å²) in [4.78, 5) is 6.28. The highest BCUT2D eigenvalue weighted by Gasteiger charge is 2.22. The molecule has 2 nitrogen and oxygen atoms in total. The maximum atomic E-state index is 14.2. The molecule has 1 saturated heterocycles. The van der Waals surface area contributed by atoms with Crippen LogP contribution in [0.15, 0.2) is 12.3 Å².